The first-order valence-corrected chi connectivity index (χ1v) is 9.49. The average Bonchev–Trinajstić information content (AvgIpc) is 3.35. The molecule has 1 amide bonds. The largest absolute Gasteiger partial charge is 0.321 e. The topological polar surface area (TPSA) is 59.8 Å². The summed E-state index contributed by atoms with van der Waals surface area (Å²) in [4.78, 5) is 13.0. The van der Waals surface area contributed by atoms with Crippen molar-refractivity contribution in [3.63, 3.8) is 0 Å². The van der Waals surface area contributed by atoms with Gasteiger partial charge >= 0.3 is 0 Å². The Bertz CT molecular complexity index is 1170. The molecular formula is C21H15BrN4O. The van der Waals surface area contributed by atoms with Crippen molar-refractivity contribution >= 4 is 38.3 Å². The summed E-state index contributed by atoms with van der Waals surface area (Å²) >= 11 is 3.49. The molecule has 1 aromatic heterocycles. The van der Waals surface area contributed by atoms with Crippen LogP contribution in [0.2, 0.25) is 0 Å². The number of halogens is 1. The minimum Gasteiger partial charge on any atom is -0.321 e. The molecule has 6 heteroatoms. The molecule has 0 saturated carbocycles. The lowest BCUT2D eigenvalue weighted by molar-refractivity contribution is 0.102. The van der Waals surface area contributed by atoms with Crippen molar-refractivity contribution in [2.45, 2.75) is 12.8 Å². The van der Waals surface area contributed by atoms with Crippen molar-refractivity contribution < 1.29 is 4.79 Å². The van der Waals surface area contributed by atoms with Crippen molar-refractivity contribution in [2.24, 2.45) is 0 Å². The summed E-state index contributed by atoms with van der Waals surface area (Å²) in [6.07, 6.45) is 5.34. The molecule has 0 unspecified atom stereocenters. The van der Waals surface area contributed by atoms with Gasteiger partial charge in [0, 0.05) is 21.2 Å². The highest BCUT2D eigenvalue weighted by atomic mass is 79.9. The zero-order chi connectivity index (χ0) is 18.4. The van der Waals surface area contributed by atoms with E-state index >= 15 is 0 Å². The number of carbonyl (C=O) groups is 1. The lowest BCUT2D eigenvalue weighted by atomic mass is 10.0. The second-order valence-corrected chi connectivity index (χ2v) is 7.45. The number of hydrogen-bond donors (Lipinski definition) is 1. The van der Waals surface area contributed by atoms with Gasteiger partial charge in [0.1, 0.15) is 12.7 Å². The zero-order valence-electron chi connectivity index (χ0n) is 14.3. The van der Waals surface area contributed by atoms with Crippen LogP contribution in [-0.2, 0) is 12.8 Å². The summed E-state index contributed by atoms with van der Waals surface area (Å²) in [5.74, 6) is -0.157. The Morgan fingerprint density at radius 1 is 1.00 bits per heavy atom. The van der Waals surface area contributed by atoms with E-state index in [2.05, 4.69) is 55.7 Å². The van der Waals surface area contributed by atoms with Crippen LogP contribution in [0.25, 0.3) is 16.5 Å². The monoisotopic (exact) mass is 418 g/mol. The lowest BCUT2D eigenvalue weighted by Gasteiger charge is -2.12. The van der Waals surface area contributed by atoms with Gasteiger partial charge in [0.05, 0.1) is 5.56 Å². The molecule has 0 radical (unpaired) electrons. The van der Waals surface area contributed by atoms with Crippen LogP contribution < -0.4 is 5.32 Å². The van der Waals surface area contributed by atoms with Crippen LogP contribution >= 0.6 is 15.9 Å². The number of nitrogens with zero attached hydrogens (tertiary/aromatic N) is 3. The molecule has 132 valence electrons. The quantitative estimate of drug-likeness (QED) is 0.531. The molecular weight excluding hydrogens is 404 g/mol. The minimum absolute atomic E-state index is 0.157. The van der Waals surface area contributed by atoms with E-state index in [4.69, 9.17) is 0 Å². The fourth-order valence-electron chi connectivity index (χ4n) is 3.73. The van der Waals surface area contributed by atoms with E-state index in [0.717, 1.165) is 34.1 Å². The first-order chi connectivity index (χ1) is 13.2. The van der Waals surface area contributed by atoms with Gasteiger partial charge in [-0.1, -0.05) is 24.3 Å². The highest BCUT2D eigenvalue weighted by Gasteiger charge is 2.18. The molecule has 4 aromatic rings. The Balaban J connectivity index is 1.53. The Morgan fingerprint density at radius 2 is 1.78 bits per heavy atom. The average molecular weight is 419 g/mol. The molecule has 3 aromatic carbocycles. The Hall–Kier alpha value is -2.99. The van der Waals surface area contributed by atoms with Crippen LogP contribution in [0, 0.1) is 0 Å². The van der Waals surface area contributed by atoms with Gasteiger partial charge in [-0.3, -0.25) is 9.36 Å². The number of benzene rings is 3. The van der Waals surface area contributed by atoms with Crippen LogP contribution in [0.15, 0.2) is 65.7 Å². The van der Waals surface area contributed by atoms with Gasteiger partial charge in [0.15, 0.2) is 0 Å². The van der Waals surface area contributed by atoms with E-state index in [1.54, 1.807) is 17.2 Å². The molecule has 5 rings (SSSR count). The van der Waals surface area contributed by atoms with E-state index in [9.17, 15) is 4.79 Å². The molecule has 0 bridgehead atoms. The summed E-state index contributed by atoms with van der Waals surface area (Å²) in [7, 11) is 0. The summed E-state index contributed by atoms with van der Waals surface area (Å²) in [5.41, 5.74) is 4.94. The van der Waals surface area contributed by atoms with Gasteiger partial charge in [-0.05, 0) is 69.6 Å². The number of aryl methyl sites for hydroxylation is 2. The molecule has 27 heavy (non-hydrogen) atoms. The maximum Gasteiger partial charge on any atom is 0.256 e. The van der Waals surface area contributed by atoms with Crippen molar-refractivity contribution in [1.29, 1.82) is 0 Å². The van der Waals surface area contributed by atoms with Gasteiger partial charge in [-0.2, -0.15) is 0 Å². The predicted octanol–water partition coefficient (Wildman–Crippen LogP) is 4.53. The highest BCUT2D eigenvalue weighted by molar-refractivity contribution is 9.10. The highest BCUT2D eigenvalue weighted by Crippen LogP contribution is 2.35. The molecule has 1 aliphatic rings. The first-order valence-electron chi connectivity index (χ1n) is 8.70. The van der Waals surface area contributed by atoms with E-state index in [1.807, 2.05) is 24.3 Å². The number of anilines is 1. The van der Waals surface area contributed by atoms with Crippen LogP contribution in [0.3, 0.4) is 0 Å². The Kier molecular flexibility index (Phi) is 3.79. The number of hydrogen-bond acceptors (Lipinski definition) is 3. The third kappa shape index (κ3) is 2.73. The van der Waals surface area contributed by atoms with Crippen molar-refractivity contribution in [1.82, 2.24) is 14.8 Å². The van der Waals surface area contributed by atoms with Crippen LogP contribution in [0.5, 0.6) is 0 Å². The van der Waals surface area contributed by atoms with E-state index in [0.29, 0.717) is 5.56 Å². The number of nitrogens with one attached hydrogen (secondary N) is 1. The Labute approximate surface area is 164 Å². The number of amides is 1. The molecule has 1 N–H and O–H groups in total. The fourth-order valence-corrected chi connectivity index (χ4v) is 4.15. The second-order valence-electron chi connectivity index (χ2n) is 6.60. The molecule has 0 aliphatic heterocycles. The van der Waals surface area contributed by atoms with E-state index < -0.39 is 0 Å². The van der Waals surface area contributed by atoms with E-state index in [1.165, 1.54) is 16.5 Å². The third-order valence-corrected chi connectivity index (χ3v) is 5.73. The van der Waals surface area contributed by atoms with Gasteiger partial charge in [-0.15, -0.1) is 10.2 Å². The SMILES string of the molecule is O=C(Nc1ccc2c3c(cccc13)CC2)c1cc(-n2cnnc2)ccc1Br. The second kappa shape index (κ2) is 6.32. The number of rotatable bonds is 3. The van der Waals surface area contributed by atoms with Gasteiger partial charge in [0.2, 0.25) is 0 Å². The molecule has 5 nitrogen and oxygen atoms in total. The smallest absolute Gasteiger partial charge is 0.256 e. The molecule has 0 fully saturated rings. The maximum absolute atomic E-state index is 13.0. The summed E-state index contributed by atoms with van der Waals surface area (Å²) in [5, 5.41) is 13.1. The zero-order valence-corrected chi connectivity index (χ0v) is 15.9. The standard InChI is InChI=1S/C21H15BrN4O/c22-18-8-7-15(26-11-23-24-12-26)10-17(18)21(27)25-19-9-6-14-5-4-13-2-1-3-16(19)20(13)14/h1-3,6-12H,4-5H2,(H,25,27). The summed E-state index contributed by atoms with van der Waals surface area (Å²) in [6.45, 7) is 0. The summed E-state index contributed by atoms with van der Waals surface area (Å²) < 4.78 is 2.50. The maximum atomic E-state index is 13.0. The summed E-state index contributed by atoms with van der Waals surface area (Å²) in [6, 6.07) is 16.0. The van der Waals surface area contributed by atoms with Crippen molar-refractivity contribution in [2.75, 3.05) is 5.32 Å². The van der Waals surface area contributed by atoms with E-state index in [-0.39, 0.29) is 5.91 Å². The normalized spacial score (nSPS) is 12.5. The molecule has 0 spiro atoms. The lowest BCUT2D eigenvalue weighted by Crippen LogP contribution is -2.13. The predicted molar refractivity (Wildman–Crippen MR) is 108 cm³/mol. The molecule has 1 heterocycles. The van der Waals surface area contributed by atoms with Crippen LogP contribution in [0.4, 0.5) is 5.69 Å². The first kappa shape index (κ1) is 16.2. The van der Waals surface area contributed by atoms with Gasteiger partial charge < -0.3 is 5.32 Å². The van der Waals surface area contributed by atoms with Crippen LogP contribution in [-0.4, -0.2) is 20.7 Å². The molecule has 1 aliphatic carbocycles. The minimum atomic E-state index is -0.157. The van der Waals surface area contributed by atoms with Crippen LogP contribution in [0.1, 0.15) is 21.5 Å². The fraction of sp³-hybridized carbons (Fsp3) is 0.0952. The Morgan fingerprint density at radius 3 is 2.59 bits per heavy atom. The number of carbonyl (C=O) groups excluding carboxylic acids is 1. The third-order valence-electron chi connectivity index (χ3n) is 5.04. The molecule has 0 atom stereocenters. The number of aromatic nitrogens is 3. The van der Waals surface area contributed by atoms with Crippen molar-refractivity contribution in [3.8, 4) is 5.69 Å². The van der Waals surface area contributed by atoms with Gasteiger partial charge in [-0.25, -0.2) is 0 Å². The van der Waals surface area contributed by atoms with Gasteiger partial charge in [0.25, 0.3) is 5.91 Å². The molecule has 0 saturated heterocycles. The van der Waals surface area contributed by atoms with Crippen molar-refractivity contribution in [3.05, 3.63) is 82.3 Å².